The van der Waals surface area contributed by atoms with E-state index in [9.17, 15) is 9.59 Å². The number of carboxylic acids is 1. The SMILES string of the molecule is COc1cccc(CCNC(=O)CCC(=O)O)c1OCc1cccc(Cl)c1. The van der Waals surface area contributed by atoms with Gasteiger partial charge in [0.1, 0.15) is 6.61 Å². The number of methoxy groups -OCH3 is 1. The lowest BCUT2D eigenvalue weighted by Gasteiger charge is -2.15. The summed E-state index contributed by atoms with van der Waals surface area (Å²) in [5, 5.41) is 12.0. The topological polar surface area (TPSA) is 84.9 Å². The molecule has 2 N–H and O–H groups in total. The highest BCUT2D eigenvalue weighted by Gasteiger charge is 2.12. The number of rotatable bonds is 10. The number of ether oxygens (including phenoxy) is 2. The lowest BCUT2D eigenvalue weighted by molar-refractivity contribution is -0.138. The summed E-state index contributed by atoms with van der Waals surface area (Å²) in [6.07, 6.45) is 0.311. The normalized spacial score (nSPS) is 10.3. The maximum atomic E-state index is 11.6. The number of halogens is 1. The number of para-hydroxylation sites is 1. The predicted octanol–water partition coefficient (Wildman–Crippen LogP) is 3.45. The van der Waals surface area contributed by atoms with Crippen molar-refractivity contribution in [3.05, 3.63) is 58.6 Å². The molecule has 0 aliphatic rings. The average molecular weight is 392 g/mol. The van der Waals surface area contributed by atoms with Crippen molar-refractivity contribution in [1.82, 2.24) is 5.32 Å². The zero-order valence-corrected chi connectivity index (χ0v) is 15.8. The van der Waals surface area contributed by atoms with Crippen molar-refractivity contribution in [3.8, 4) is 11.5 Å². The summed E-state index contributed by atoms with van der Waals surface area (Å²) in [5.41, 5.74) is 1.82. The Balaban J connectivity index is 1.99. The van der Waals surface area contributed by atoms with Gasteiger partial charge in [-0.15, -0.1) is 0 Å². The van der Waals surface area contributed by atoms with Crippen LogP contribution in [0.5, 0.6) is 11.5 Å². The molecule has 0 atom stereocenters. The van der Waals surface area contributed by atoms with Gasteiger partial charge < -0.3 is 19.9 Å². The van der Waals surface area contributed by atoms with Crippen LogP contribution in [-0.2, 0) is 22.6 Å². The molecule has 2 aromatic rings. The fraction of sp³-hybridized carbons (Fsp3) is 0.300. The molecule has 6 nitrogen and oxygen atoms in total. The van der Waals surface area contributed by atoms with Crippen molar-refractivity contribution >= 4 is 23.5 Å². The predicted molar refractivity (Wildman–Crippen MR) is 102 cm³/mol. The van der Waals surface area contributed by atoms with E-state index in [1.165, 1.54) is 0 Å². The highest BCUT2D eigenvalue weighted by atomic mass is 35.5. The summed E-state index contributed by atoms with van der Waals surface area (Å²) in [6, 6.07) is 13.0. The fourth-order valence-electron chi connectivity index (χ4n) is 2.51. The highest BCUT2D eigenvalue weighted by molar-refractivity contribution is 6.30. The standard InChI is InChI=1S/C20H22ClNO5/c1-26-17-7-3-5-15(10-11-22-18(23)8-9-19(24)25)20(17)27-13-14-4-2-6-16(21)12-14/h2-7,12H,8-11,13H2,1H3,(H,22,23)(H,24,25). The number of amides is 1. The van der Waals surface area contributed by atoms with Gasteiger partial charge in [-0.3, -0.25) is 9.59 Å². The van der Waals surface area contributed by atoms with Crippen LogP contribution < -0.4 is 14.8 Å². The summed E-state index contributed by atoms with van der Waals surface area (Å²) in [7, 11) is 1.57. The number of carbonyl (C=O) groups is 2. The molecule has 0 fully saturated rings. The Hall–Kier alpha value is -2.73. The first-order valence-electron chi connectivity index (χ1n) is 8.51. The second-order valence-electron chi connectivity index (χ2n) is 5.86. The zero-order chi connectivity index (χ0) is 19.6. The first-order valence-corrected chi connectivity index (χ1v) is 8.89. The maximum absolute atomic E-state index is 11.6. The van der Waals surface area contributed by atoms with Gasteiger partial charge in [-0.05, 0) is 35.7 Å². The summed E-state index contributed by atoms with van der Waals surface area (Å²) in [4.78, 5) is 22.2. The van der Waals surface area contributed by atoms with Crippen molar-refractivity contribution in [2.75, 3.05) is 13.7 Å². The number of carboxylic acid groups (broad SMARTS) is 1. The molecule has 2 aromatic carbocycles. The number of aliphatic carboxylic acids is 1. The van der Waals surface area contributed by atoms with Crippen molar-refractivity contribution in [1.29, 1.82) is 0 Å². The van der Waals surface area contributed by atoms with Gasteiger partial charge in [0.05, 0.1) is 13.5 Å². The quantitative estimate of drug-likeness (QED) is 0.648. The summed E-state index contributed by atoms with van der Waals surface area (Å²) in [5.74, 6) is -0.0668. The first-order chi connectivity index (χ1) is 13.0. The summed E-state index contributed by atoms with van der Waals surface area (Å²) >= 11 is 6.00. The molecule has 0 aromatic heterocycles. The second-order valence-corrected chi connectivity index (χ2v) is 6.30. The third-order valence-electron chi connectivity index (χ3n) is 3.84. The van der Waals surface area contributed by atoms with Crippen molar-refractivity contribution in [2.45, 2.75) is 25.9 Å². The van der Waals surface area contributed by atoms with Crippen LogP contribution in [0.15, 0.2) is 42.5 Å². The van der Waals surface area contributed by atoms with Crippen LogP contribution in [0.3, 0.4) is 0 Å². The molecule has 2 rings (SSSR count). The van der Waals surface area contributed by atoms with Gasteiger partial charge in [-0.25, -0.2) is 0 Å². The molecule has 0 saturated heterocycles. The molecule has 0 aliphatic carbocycles. The number of benzene rings is 2. The minimum atomic E-state index is -0.991. The van der Waals surface area contributed by atoms with E-state index in [0.717, 1.165) is 11.1 Å². The lowest BCUT2D eigenvalue weighted by Crippen LogP contribution is -2.26. The molecule has 0 spiro atoms. The van der Waals surface area contributed by atoms with E-state index in [2.05, 4.69) is 5.32 Å². The van der Waals surface area contributed by atoms with Crippen LogP contribution >= 0.6 is 11.6 Å². The van der Waals surface area contributed by atoms with Crippen molar-refractivity contribution < 1.29 is 24.2 Å². The molecule has 0 aliphatic heterocycles. The molecule has 27 heavy (non-hydrogen) atoms. The second kappa shape index (κ2) is 10.4. The number of hydrogen-bond acceptors (Lipinski definition) is 4. The minimum absolute atomic E-state index is 0.0361. The molecular formula is C20H22ClNO5. The Bertz CT molecular complexity index is 794. The Morgan fingerprint density at radius 1 is 1.15 bits per heavy atom. The number of hydrogen-bond donors (Lipinski definition) is 2. The molecule has 0 heterocycles. The van der Waals surface area contributed by atoms with Gasteiger partial charge in [-0.1, -0.05) is 35.9 Å². The smallest absolute Gasteiger partial charge is 0.303 e. The largest absolute Gasteiger partial charge is 0.493 e. The fourth-order valence-corrected chi connectivity index (χ4v) is 2.72. The molecular weight excluding hydrogens is 370 g/mol. The lowest BCUT2D eigenvalue weighted by atomic mass is 10.1. The van der Waals surface area contributed by atoms with E-state index in [1.807, 2.05) is 36.4 Å². The van der Waals surface area contributed by atoms with Gasteiger partial charge in [0.25, 0.3) is 0 Å². The Labute approximate surface area is 163 Å². The van der Waals surface area contributed by atoms with Crippen molar-refractivity contribution in [2.24, 2.45) is 0 Å². The van der Waals surface area contributed by atoms with Crippen LogP contribution in [0.4, 0.5) is 0 Å². The maximum Gasteiger partial charge on any atom is 0.303 e. The van der Waals surface area contributed by atoms with Gasteiger partial charge in [0, 0.05) is 18.0 Å². The monoisotopic (exact) mass is 391 g/mol. The van der Waals surface area contributed by atoms with E-state index in [0.29, 0.717) is 36.1 Å². The van der Waals surface area contributed by atoms with Crippen LogP contribution in [-0.4, -0.2) is 30.6 Å². The van der Waals surface area contributed by atoms with E-state index in [1.54, 1.807) is 13.2 Å². The van der Waals surface area contributed by atoms with E-state index < -0.39 is 5.97 Å². The van der Waals surface area contributed by atoms with Gasteiger partial charge in [-0.2, -0.15) is 0 Å². The van der Waals surface area contributed by atoms with Gasteiger partial charge in [0.2, 0.25) is 5.91 Å². The molecule has 0 saturated carbocycles. The van der Waals surface area contributed by atoms with E-state index in [-0.39, 0.29) is 18.7 Å². The van der Waals surface area contributed by atoms with Crippen LogP contribution in [0, 0.1) is 0 Å². The molecule has 0 radical (unpaired) electrons. The molecule has 1 amide bonds. The Kier molecular flexibility index (Phi) is 7.95. The van der Waals surface area contributed by atoms with Crippen LogP contribution in [0.1, 0.15) is 24.0 Å². The minimum Gasteiger partial charge on any atom is -0.493 e. The molecule has 0 bridgehead atoms. The first kappa shape index (κ1) is 20.6. The molecule has 7 heteroatoms. The third-order valence-corrected chi connectivity index (χ3v) is 4.07. The van der Waals surface area contributed by atoms with E-state index >= 15 is 0 Å². The summed E-state index contributed by atoms with van der Waals surface area (Å²) < 4.78 is 11.3. The van der Waals surface area contributed by atoms with Gasteiger partial charge in [0.15, 0.2) is 11.5 Å². The van der Waals surface area contributed by atoms with Crippen molar-refractivity contribution in [3.63, 3.8) is 0 Å². The zero-order valence-electron chi connectivity index (χ0n) is 15.0. The third kappa shape index (κ3) is 6.83. The Morgan fingerprint density at radius 2 is 1.93 bits per heavy atom. The molecule has 0 unspecified atom stereocenters. The number of nitrogens with one attached hydrogen (secondary N) is 1. The summed E-state index contributed by atoms with van der Waals surface area (Å²) in [6.45, 7) is 0.706. The number of carbonyl (C=O) groups excluding carboxylic acids is 1. The van der Waals surface area contributed by atoms with Crippen LogP contribution in [0.2, 0.25) is 5.02 Å². The highest BCUT2D eigenvalue weighted by Crippen LogP contribution is 2.32. The average Bonchev–Trinajstić information content (AvgIpc) is 2.65. The van der Waals surface area contributed by atoms with E-state index in [4.69, 9.17) is 26.2 Å². The molecule has 144 valence electrons. The van der Waals surface area contributed by atoms with Gasteiger partial charge >= 0.3 is 5.97 Å². The Morgan fingerprint density at radius 3 is 2.63 bits per heavy atom. The van der Waals surface area contributed by atoms with Crippen LogP contribution in [0.25, 0.3) is 0 Å².